The van der Waals surface area contributed by atoms with Crippen molar-refractivity contribution < 1.29 is 29.3 Å². The van der Waals surface area contributed by atoms with Gasteiger partial charge in [0.05, 0.1) is 25.8 Å². The summed E-state index contributed by atoms with van der Waals surface area (Å²) in [6.45, 7) is 0.252. The Bertz CT molecular complexity index is 1380. The summed E-state index contributed by atoms with van der Waals surface area (Å²) in [4.78, 5) is 26.8. The molecule has 0 saturated heterocycles. The Hall–Kier alpha value is -3.66. The van der Waals surface area contributed by atoms with Crippen LogP contribution in [0.25, 0.3) is 10.9 Å². The third-order valence-corrected chi connectivity index (χ3v) is 6.54. The lowest BCUT2D eigenvalue weighted by molar-refractivity contribution is 0.0589. The highest BCUT2D eigenvalue weighted by Gasteiger charge is 2.20. The van der Waals surface area contributed by atoms with E-state index in [1.54, 1.807) is 18.2 Å². The largest absolute Gasteiger partial charge is 0.464 e. The van der Waals surface area contributed by atoms with Gasteiger partial charge in [-0.3, -0.25) is 4.79 Å². The fraction of sp³-hybridized carbons (Fsp3) is 0.214. The number of aliphatic hydroxyl groups excluding tert-OH is 2. The molecule has 0 unspecified atom stereocenters. The lowest BCUT2D eigenvalue weighted by Gasteiger charge is -2.20. The number of fused-ring (bicyclic) bond motifs is 1. The number of halogens is 1. The van der Waals surface area contributed by atoms with Crippen LogP contribution in [0.15, 0.2) is 77.3 Å². The van der Waals surface area contributed by atoms with E-state index in [0.29, 0.717) is 29.3 Å². The molecule has 0 radical (unpaired) electrons. The van der Waals surface area contributed by atoms with Crippen LogP contribution < -0.4 is 4.74 Å². The lowest BCUT2D eigenvalue weighted by Crippen LogP contribution is -2.35. The molecule has 1 aromatic heterocycles. The van der Waals surface area contributed by atoms with Gasteiger partial charge < -0.3 is 29.2 Å². The van der Waals surface area contributed by atoms with Crippen molar-refractivity contribution >= 4 is 38.7 Å². The first-order chi connectivity index (χ1) is 17.9. The smallest absolute Gasteiger partial charge is 0.354 e. The number of ether oxygens (including phenoxy) is 2. The normalized spacial score (nSPS) is 10.9. The number of aromatic nitrogens is 1. The number of nitrogens with zero attached hydrogens (tertiary/aromatic N) is 2. The van der Waals surface area contributed by atoms with E-state index >= 15 is 0 Å². The van der Waals surface area contributed by atoms with Gasteiger partial charge in [-0.2, -0.15) is 0 Å². The predicted octanol–water partition coefficient (Wildman–Crippen LogP) is 4.46. The highest BCUT2D eigenvalue weighted by Crippen LogP contribution is 2.35. The molecule has 0 spiro atoms. The zero-order chi connectivity index (χ0) is 26.4. The molecule has 0 bridgehead atoms. The number of carbonyl (C=O) groups excluding carboxylic acids is 2. The van der Waals surface area contributed by atoms with E-state index in [-0.39, 0.29) is 32.2 Å². The van der Waals surface area contributed by atoms with Gasteiger partial charge in [0.15, 0.2) is 0 Å². The monoisotopic (exact) mass is 566 g/mol. The van der Waals surface area contributed by atoms with E-state index in [1.807, 2.05) is 59.2 Å². The molecule has 0 saturated carbocycles. The van der Waals surface area contributed by atoms with Gasteiger partial charge in [0.2, 0.25) is 0 Å². The summed E-state index contributed by atoms with van der Waals surface area (Å²) < 4.78 is 13.7. The summed E-state index contributed by atoms with van der Waals surface area (Å²) in [6.07, 6.45) is 0. The van der Waals surface area contributed by atoms with Crippen LogP contribution in [0.1, 0.15) is 26.4 Å². The van der Waals surface area contributed by atoms with Gasteiger partial charge in [0, 0.05) is 41.1 Å². The average molecular weight is 567 g/mol. The third-order valence-electron chi connectivity index (χ3n) is 5.89. The van der Waals surface area contributed by atoms with Crippen LogP contribution in [0.5, 0.6) is 11.5 Å². The first kappa shape index (κ1) is 26.4. The van der Waals surface area contributed by atoms with Crippen molar-refractivity contribution in [3.05, 3.63) is 94.1 Å². The van der Waals surface area contributed by atoms with Crippen molar-refractivity contribution in [2.24, 2.45) is 0 Å². The number of methoxy groups -OCH3 is 1. The van der Waals surface area contributed by atoms with Crippen LogP contribution >= 0.6 is 15.9 Å². The molecule has 3 aromatic carbocycles. The molecular formula is C28H27BrN2O6. The number of benzene rings is 3. The Balaban J connectivity index is 1.68. The number of amides is 1. The Labute approximate surface area is 222 Å². The zero-order valence-electron chi connectivity index (χ0n) is 20.3. The maximum atomic E-state index is 12.8. The quantitative estimate of drug-likeness (QED) is 0.275. The number of rotatable bonds is 10. The molecule has 8 nitrogen and oxygen atoms in total. The third kappa shape index (κ3) is 6.02. The molecule has 4 rings (SSSR count). The summed E-state index contributed by atoms with van der Waals surface area (Å²) in [6, 6.07) is 21.9. The average Bonchev–Trinajstić information content (AvgIpc) is 3.27. The molecule has 0 fully saturated rings. The van der Waals surface area contributed by atoms with Gasteiger partial charge in [-0.15, -0.1) is 0 Å². The predicted molar refractivity (Wildman–Crippen MR) is 143 cm³/mol. The van der Waals surface area contributed by atoms with Gasteiger partial charge in [0.1, 0.15) is 17.2 Å². The van der Waals surface area contributed by atoms with Crippen molar-refractivity contribution in [2.75, 3.05) is 33.4 Å². The number of hydrogen-bond donors (Lipinski definition) is 2. The number of para-hydroxylation sites is 1. The number of hydrogen-bond acceptors (Lipinski definition) is 6. The van der Waals surface area contributed by atoms with Crippen molar-refractivity contribution in [1.82, 2.24) is 9.47 Å². The van der Waals surface area contributed by atoms with E-state index in [1.165, 1.54) is 12.0 Å². The molecule has 4 aromatic rings. The van der Waals surface area contributed by atoms with Crippen molar-refractivity contribution in [2.45, 2.75) is 6.54 Å². The summed E-state index contributed by atoms with van der Waals surface area (Å²) in [5.41, 5.74) is 2.46. The summed E-state index contributed by atoms with van der Waals surface area (Å²) in [5, 5.41) is 19.3. The second kappa shape index (κ2) is 12.1. The molecule has 0 aliphatic rings. The molecule has 0 atom stereocenters. The van der Waals surface area contributed by atoms with E-state index in [4.69, 9.17) is 9.47 Å². The molecule has 192 valence electrons. The van der Waals surface area contributed by atoms with Crippen molar-refractivity contribution in [3.8, 4) is 11.5 Å². The second-order valence-electron chi connectivity index (χ2n) is 8.30. The SMILES string of the molecule is COC(=O)c1cc2c(Br)cc(Oc3ccccc3)cc2n1Cc1ccc(C(=O)N(CCO)CCO)cc1. The zero-order valence-corrected chi connectivity index (χ0v) is 21.8. The van der Waals surface area contributed by atoms with Crippen LogP contribution in [-0.2, 0) is 11.3 Å². The Kier molecular flexibility index (Phi) is 8.60. The van der Waals surface area contributed by atoms with Gasteiger partial charge >= 0.3 is 5.97 Å². The summed E-state index contributed by atoms with van der Waals surface area (Å²) in [7, 11) is 1.34. The Morgan fingerprint density at radius 2 is 1.59 bits per heavy atom. The van der Waals surface area contributed by atoms with Gasteiger partial charge in [-0.1, -0.05) is 30.3 Å². The molecule has 0 aliphatic carbocycles. The molecular weight excluding hydrogens is 540 g/mol. The Morgan fingerprint density at radius 3 is 2.22 bits per heavy atom. The minimum Gasteiger partial charge on any atom is -0.464 e. The van der Waals surface area contributed by atoms with Crippen LogP contribution in [0.4, 0.5) is 0 Å². The second-order valence-corrected chi connectivity index (χ2v) is 9.15. The molecule has 2 N–H and O–H groups in total. The summed E-state index contributed by atoms with van der Waals surface area (Å²) in [5.74, 6) is 0.555. The van der Waals surface area contributed by atoms with Crippen LogP contribution in [0.2, 0.25) is 0 Å². The van der Waals surface area contributed by atoms with Gasteiger partial charge in [-0.25, -0.2) is 4.79 Å². The van der Waals surface area contributed by atoms with Crippen molar-refractivity contribution in [1.29, 1.82) is 0 Å². The number of aliphatic hydroxyl groups is 2. The fourth-order valence-electron chi connectivity index (χ4n) is 4.09. The standard InChI is InChI=1S/C28H27BrN2O6/c1-36-28(35)26-17-23-24(29)15-22(37-21-5-3-2-4-6-21)16-25(23)31(26)18-19-7-9-20(10-8-19)27(34)30(11-13-32)12-14-33/h2-10,15-17,32-33H,11-14,18H2,1H3. The van der Waals surface area contributed by atoms with Crippen LogP contribution in [0.3, 0.4) is 0 Å². The topological polar surface area (TPSA) is 101 Å². The van der Waals surface area contributed by atoms with Crippen molar-refractivity contribution in [3.63, 3.8) is 0 Å². The fourth-order valence-corrected chi connectivity index (χ4v) is 4.63. The molecule has 37 heavy (non-hydrogen) atoms. The van der Waals surface area contributed by atoms with E-state index in [9.17, 15) is 19.8 Å². The minimum absolute atomic E-state index is 0.140. The van der Waals surface area contributed by atoms with E-state index in [0.717, 1.165) is 20.9 Å². The minimum atomic E-state index is -0.468. The van der Waals surface area contributed by atoms with E-state index < -0.39 is 5.97 Å². The van der Waals surface area contributed by atoms with Gasteiger partial charge in [-0.05, 0) is 57.9 Å². The molecule has 0 aliphatic heterocycles. The lowest BCUT2D eigenvalue weighted by atomic mass is 10.1. The maximum absolute atomic E-state index is 12.8. The maximum Gasteiger partial charge on any atom is 0.354 e. The summed E-state index contributed by atoms with van der Waals surface area (Å²) >= 11 is 3.61. The highest BCUT2D eigenvalue weighted by atomic mass is 79.9. The first-order valence-corrected chi connectivity index (χ1v) is 12.5. The van der Waals surface area contributed by atoms with E-state index in [2.05, 4.69) is 15.9 Å². The number of esters is 1. The first-order valence-electron chi connectivity index (χ1n) is 11.7. The highest BCUT2D eigenvalue weighted by molar-refractivity contribution is 9.10. The Morgan fingerprint density at radius 1 is 0.919 bits per heavy atom. The van der Waals surface area contributed by atoms with Crippen LogP contribution in [0, 0.1) is 0 Å². The van der Waals surface area contributed by atoms with Gasteiger partial charge in [0.25, 0.3) is 5.91 Å². The number of carbonyl (C=O) groups is 2. The molecule has 1 heterocycles. The molecule has 9 heteroatoms. The van der Waals surface area contributed by atoms with Crippen LogP contribution in [-0.4, -0.2) is 65.0 Å². The molecule has 1 amide bonds.